The van der Waals surface area contributed by atoms with Crippen LogP contribution in [-0.4, -0.2) is 16.1 Å². The molecule has 25 heavy (non-hydrogen) atoms. The number of hydrogen-bond donors (Lipinski definition) is 1. The highest BCUT2D eigenvalue weighted by Gasteiger charge is 2.16. The largest absolute Gasteiger partial charge is 0.403 e. The van der Waals surface area contributed by atoms with Gasteiger partial charge < -0.3 is 4.42 Å². The fraction of sp³-hybridized carbons (Fsp3) is 0.211. The maximum Gasteiger partial charge on any atom is 0.322 e. The van der Waals surface area contributed by atoms with Crippen LogP contribution in [0.25, 0.3) is 11.5 Å². The SMILES string of the molecule is CC(C)(C)c1ccc(C(=O)Nc2nnc(-c3cccc(F)c3)o2)cc1. The van der Waals surface area contributed by atoms with Gasteiger partial charge in [-0.3, -0.25) is 10.1 Å². The molecule has 5 nitrogen and oxygen atoms in total. The molecule has 0 aliphatic carbocycles. The molecule has 1 amide bonds. The number of nitrogens with zero attached hydrogens (tertiary/aromatic N) is 2. The van der Waals surface area contributed by atoms with E-state index in [2.05, 4.69) is 36.3 Å². The Labute approximate surface area is 144 Å². The molecule has 0 fully saturated rings. The van der Waals surface area contributed by atoms with E-state index in [-0.39, 0.29) is 23.2 Å². The van der Waals surface area contributed by atoms with Crippen molar-refractivity contribution < 1.29 is 13.6 Å². The van der Waals surface area contributed by atoms with Crippen molar-refractivity contribution in [1.82, 2.24) is 10.2 Å². The van der Waals surface area contributed by atoms with Crippen molar-refractivity contribution in [3.05, 3.63) is 65.5 Å². The minimum Gasteiger partial charge on any atom is -0.403 e. The Bertz CT molecular complexity index is 896. The number of rotatable bonds is 3. The van der Waals surface area contributed by atoms with E-state index in [0.29, 0.717) is 11.1 Å². The van der Waals surface area contributed by atoms with Gasteiger partial charge >= 0.3 is 6.01 Å². The van der Waals surface area contributed by atoms with Gasteiger partial charge in [-0.05, 0) is 41.3 Å². The van der Waals surface area contributed by atoms with Crippen LogP contribution >= 0.6 is 0 Å². The number of hydrogen-bond acceptors (Lipinski definition) is 4. The molecule has 0 spiro atoms. The summed E-state index contributed by atoms with van der Waals surface area (Å²) in [5, 5.41) is 10.1. The van der Waals surface area contributed by atoms with E-state index in [1.54, 1.807) is 24.3 Å². The quantitative estimate of drug-likeness (QED) is 0.767. The maximum absolute atomic E-state index is 13.2. The third-order valence-electron chi connectivity index (χ3n) is 3.73. The van der Waals surface area contributed by atoms with Crippen molar-refractivity contribution in [2.75, 3.05) is 5.32 Å². The predicted molar refractivity (Wildman–Crippen MR) is 92.8 cm³/mol. The van der Waals surface area contributed by atoms with Crippen LogP contribution in [0.15, 0.2) is 52.9 Å². The second kappa shape index (κ2) is 6.47. The molecule has 0 unspecified atom stereocenters. The van der Waals surface area contributed by atoms with Crippen molar-refractivity contribution in [3.63, 3.8) is 0 Å². The Morgan fingerprint density at radius 2 is 1.80 bits per heavy atom. The molecule has 0 saturated heterocycles. The Kier molecular flexibility index (Phi) is 4.35. The molecule has 0 bridgehead atoms. The summed E-state index contributed by atoms with van der Waals surface area (Å²) in [5.74, 6) is -0.618. The third-order valence-corrected chi connectivity index (χ3v) is 3.73. The van der Waals surface area contributed by atoms with E-state index >= 15 is 0 Å². The van der Waals surface area contributed by atoms with Crippen molar-refractivity contribution in [2.24, 2.45) is 0 Å². The lowest BCUT2D eigenvalue weighted by molar-refractivity contribution is 0.102. The van der Waals surface area contributed by atoms with Crippen LogP contribution in [0, 0.1) is 5.82 Å². The first-order chi connectivity index (χ1) is 11.8. The second-order valence-electron chi connectivity index (χ2n) is 6.70. The van der Waals surface area contributed by atoms with Gasteiger partial charge in [-0.1, -0.05) is 44.1 Å². The molecule has 0 atom stereocenters. The highest BCUT2D eigenvalue weighted by atomic mass is 19.1. The zero-order valence-corrected chi connectivity index (χ0v) is 14.2. The van der Waals surface area contributed by atoms with E-state index in [4.69, 9.17) is 4.42 Å². The Morgan fingerprint density at radius 3 is 2.44 bits per heavy atom. The van der Waals surface area contributed by atoms with Gasteiger partial charge in [-0.25, -0.2) is 4.39 Å². The van der Waals surface area contributed by atoms with Crippen LogP contribution in [0.3, 0.4) is 0 Å². The summed E-state index contributed by atoms with van der Waals surface area (Å²) in [4.78, 5) is 12.3. The van der Waals surface area contributed by atoms with Crippen LogP contribution in [0.1, 0.15) is 36.7 Å². The number of carbonyl (C=O) groups is 1. The van der Waals surface area contributed by atoms with Gasteiger partial charge in [0.1, 0.15) is 5.82 Å². The summed E-state index contributed by atoms with van der Waals surface area (Å²) in [6.45, 7) is 6.32. The lowest BCUT2D eigenvalue weighted by Gasteiger charge is -2.18. The fourth-order valence-corrected chi connectivity index (χ4v) is 2.30. The first-order valence-corrected chi connectivity index (χ1v) is 7.84. The third kappa shape index (κ3) is 3.91. The Hall–Kier alpha value is -3.02. The molecule has 1 heterocycles. The molecule has 6 heteroatoms. The van der Waals surface area contributed by atoms with Gasteiger partial charge in [-0.15, -0.1) is 5.10 Å². The number of benzene rings is 2. The lowest BCUT2D eigenvalue weighted by Crippen LogP contribution is -2.14. The van der Waals surface area contributed by atoms with Gasteiger partial charge in [0.15, 0.2) is 0 Å². The molecule has 3 rings (SSSR count). The van der Waals surface area contributed by atoms with Crippen LogP contribution in [0.2, 0.25) is 0 Å². The fourth-order valence-electron chi connectivity index (χ4n) is 2.30. The second-order valence-corrected chi connectivity index (χ2v) is 6.70. The number of carbonyl (C=O) groups excluding carboxylic acids is 1. The molecule has 1 N–H and O–H groups in total. The molecule has 0 aliphatic rings. The topological polar surface area (TPSA) is 68.0 Å². The molecule has 1 aromatic heterocycles. The summed E-state index contributed by atoms with van der Waals surface area (Å²) in [6.07, 6.45) is 0. The van der Waals surface area contributed by atoms with Crippen LogP contribution in [0.4, 0.5) is 10.4 Å². The van der Waals surface area contributed by atoms with Gasteiger partial charge in [-0.2, -0.15) is 0 Å². The van der Waals surface area contributed by atoms with Crippen molar-refractivity contribution in [2.45, 2.75) is 26.2 Å². The molecule has 0 saturated carbocycles. The molecule has 2 aromatic carbocycles. The molecule has 128 valence electrons. The monoisotopic (exact) mass is 339 g/mol. The van der Waals surface area contributed by atoms with Gasteiger partial charge in [0.05, 0.1) is 0 Å². The zero-order valence-electron chi connectivity index (χ0n) is 14.2. The average Bonchev–Trinajstić information content (AvgIpc) is 3.03. The summed E-state index contributed by atoms with van der Waals surface area (Å²) in [5.41, 5.74) is 2.08. The van der Waals surface area contributed by atoms with E-state index in [0.717, 1.165) is 5.56 Å². The summed E-state index contributed by atoms with van der Waals surface area (Å²) in [6, 6.07) is 13.1. The van der Waals surface area contributed by atoms with E-state index in [9.17, 15) is 9.18 Å². The molecule has 0 aliphatic heterocycles. The highest BCUT2D eigenvalue weighted by Crippen LogP contribution is 2.23. The first kappa shape index (κ1) is 16.8. The van der Waals surface area contributed by atoms with E-state index < -0.39 is 5.82 Å². The van der Waals surface area contributed by atoms with E-state index in [1.807, 2.05) is 12.1 Å². The summed E-state index contributed by atoms with van der Waals surface area (Å²) in [7, 11) is 0. The minimum absolute atomic E-state index is 0.0152. The van der Waals surface area contributed by atoms with Crippen LogP contribution in [-0.2, 0) is 5.41 Å². The maximum atomic E-state index is 13.2. The van der Waals surface area contributed by atoms with Crippen LogP contribution in [0.5, 0.6) is 0 Å². The number of aromatic nitrogens is 2. The molecular formula is C19H18FN3O2. The van der Waals surface area contributed by atoms with Gasteiger partial charge in [0.25, 0.3) is 5.91 Å². The summed E-state index contributed by atoms with van der Waals surface area (Å²) < 4.78 is 18.6. The smallest absolute Gasteiger partial charge is 0.322 e. The molecule has 0 radical (unpaired) electrons. The normalized spacial score (nSPS) is 11.4. The van der Waals surface area contributed by atoms with Gasteiger partial charge in [0, 0.05) is 11.1 Å². The minimum atomic E-state index is -0.403. The van der Waals surface area contributed by atoms with Gasteiger partial charge in [0.2, 0.25) is 5.89 Å². The first-order valence-electron chi connectivity index (χ1n) is 7.84. The number of amides is 1. The average molecular weight is 339 g/mol. The molecule has 3 aromatic rings. The Morgan fingerprint density at radius 1 is 1.08 bits per heavy atom. The highest BCUT2D eigenvalue weighted by molar-refractivity contribution is 6.03. The number of halogens is 1. The van der Waals surface area contributed by atoms with Crippen molar-refractivity contribution >= 4 is 11.9 Å². The van der Waals surface area contributed by atoms with Crippen LogP contribution < -0.4 is 5.32 Å². The molecular weight excluding hydrogens is 321 g/mol. The zero-order chi connectivity index (χ0) is 18.0. The summed E-state index contributed by atoms with van der Waals surface area (Å²) >= 11 is 0. The number of anilines is 1. The predicted octanol–water partition coefficient (Wildman–Crippen LogP) is 4.43. The Balaban J connectivity index is 1.73. The van der Waals surface area contributed by atoms with Crippen molar-refractivity contribution in [1.29, 1.82) is 0 Å². The van der Waals surface area contributed by atoms with Crippen molar-refractivity contribution in [3.8, 4) is 11.5 Å². The lowest BCUT2D eigenvalue weighted by atomic mass is 9.87. The number of nitrogens with one attached hydrogen (secondary N) is 1. The standard InChI is InChI=1S/C19H18FN3O2/c1-19(2,3)14-9-7-12(8-10-14)16(24)21-18-23-22-17(25-18)13-5-4-6-15(20)11-13/h4-11H,1-3H3,(H,21,23,24). The van der Waals surface area contributed by atoms with E-state index in [1.165, 1.54) is 12.1 Å².